The third-order valence-corrected chi connectivity index (χ3v) is 1.10. The van der Waals surface area contributed by atoms with E-state index in [0.717, 1.165) is 0 Å². The van der Waals surface area contributed by atoms with Crippen LogP contribution in [0.3, 0.4) is 0 Å². The molecule has 0 fully saturated rings. The molecule has 4 heteroatoms. The van der Waals surface area contributed by atoms with Gasteiger partial charge in [0.05, 0.1) is 0 Å². The summed E-state index contributed by atoms with van der Waals surface area (Å²) >= 11 is 2.05. The fourth-order valence-electron chi connectivity index (χ4n) is 0.250. The van der Waals surface area contributed by atoms with Crippen LogP contribution in [0.15, 0.2) is 0 Å². The Balaban J connectivity index is -0.0000000267. The average Bonchev–Trinajstić information content (AvgIpc) is 1.41. The molecule has 0 rings (SSSR count). The fourth-order valence-corrected chi connectivity index (χ4v) is 0.750. The Kier molecular flexibility index (Phi) is 65.0. The molecule has 0 atom stereocenters. The largest absolute Gasteiger partial charge is 1.00 e. The van der Waals surface area contributed by atoms with Crippen molar-refractivity contribution in [2.45, 2.75) is 24.3 Å². The van der Waals surface area contributed by atoms with E-state index in [-0.39, 0.29) is 43.7 Å². The van der Waals surface area contributed by atoms with Gasteiger partial charge in [-0.15, -0.1) is 0 Å². The Morgan fingerprint density at radius 1 is 1.25 bits per heavy atom. The van der Waals surface area contributed by atoms with Gasteiger partial charge in [-0.2, -0.15) is 0 Å². The van der Waals surface area contributed by atoms with Crippen molar-refractivity contribution in [1.29, 1.82) is 0 Å². The van der Waals surface area contributed by atoms with Crippen molar-refractivity contribution in [2.24, 2.45) is 0 Å². The molecule has 8 heavy (non-hydrogen) atoms. The third-order valence-electron chi connectivity index (χ3n) is 0.604. The molecule has 0 saturated heterocycles. The summed E-state index contributed by atoms with van der Waals surface area (Å²) in [5, 5.41) is 0. The molecule has 0 aromatic heterocycles. The van der Waals surface area contributed by atoms with Crippen LogP contribution in [-0.2, 0) is 0 Å². The minimum atomic E-state index is 0. The van der Waals surface area contributed by atoms with Crippen molar-refractivity contribution in [2.75, 3.05) is 0 Å². The van der Waals surface area contributed by atoms with Crippen LogP contribution in [0.5, 0.6) is 0 Å². The summed E-state index contributed by atoms with van der Waals surface area (Å²) in [4.78, 5) is 0. The van der Waals surface area contributed by atoms with E-state index >= 15 is 0 Å². The quantitative estimate of drug-likeness (QED) is 0.351. The van der Waals surface area contributed by atoms with Crippen molar-refractivity contribution in [3.63, 3.8) is 0 Å². The molecule has 0 aliphatic rings. The molecule has 0 aromatic rings. The monoisotopic (exact) mass is 158 g/mol. The average molecular weight is 159 g/mol. The van der Waals surface area contributed by atoms with E-state index in [4.69, 9.17) is 0 Å². The summed E-state index contributed by atoms with van der Waals surface area (Å²) in [5.41, 5.74) is 0. The van der Waals surface area contributed by atoms with E-state index in [1.165, 1.54) is 17.4 Å². The summed E-state index contributed by atoms with van der Waals surface area (Å²) < 4.78 is 1.37. The molecule has 0 spiro atoms. The number of halogens is 2. The number of rotatable bonds is 2. The van der Waals surface area contributed by atoms with Gasteiger partial charge in [0.1, 0.15) is 0 Å². The van der Waals surface area contributed by atoms with Gasteiger partial charge in [-0.1, -0.05) is 0 Å². The first-order valence-corrected chi connectivity index (χ1v) is 3.21. The number of hydrogen-bond donors (Lipinski definition) is 0. The van der Waals surface area contributed by atoms with Gasteiger partial charge in [0.15, 0.2) is 0 Å². The molecule has 0 saturated carbocycles. The van der Waals surface area contributed by atoms with Crippen LogP contribution in [0.25, 0.3) is 0 Å². The van der Waals surface area contributed by atoms with Gasteiger partial charge >= 0.3 is 64.9 Å². The predicted octanol–water partition coefficient (Wildman–Crippen LogP) is -7.61. The molecule has 0 bridgehead atoms. The van der Waals surface area contributed by atoms with Gasteiger partial charge < -0.3 is 24.8 Å². The molecule has 0 aromatic carbocycles. The van der Waals surface area contributed by atoms with Gasteiger partial charge in [-0.25, -0.2) is 0 Å². The minimum Gasteiger partial charge on any atom is -1.00 e. The molecule has 0 nitrogen and oxygen atoms in total. The normalized spacial score (nSPS) is 5.38. The zero-order valence-corrected chi connectivity index (χ0v) is 8.51. The van der Waals surface area contributed by atoms with E-state index < -0.39 is 0 Å². The Labute approximate surface area is 89.0 Å². The molecule has 0 aliphatic carbocycles. The zero-order valence-electron chi connectivity index (χ0n) is 5.58. The first kappa shape index (κ1) is 22.5. The summed E-state index contributed by atoms with van der Waals surface area (Å²) in [6.45, 7) is 2.22. The fraction of sp³-hybridized carbons (Fsp3) is 1.00. The SMILES string of the molecule is CCC[CH2][Mg+].[Cl-].[Cl-].[Li+]. The van der Waals surface area contributed by atoms with Crippen LogP contribution in [0.1, 0.15) is 19.8 Å². The Hall–Kier alpha value is 1.94. The van der Waals surface area contributed by atoms with Crippen LogP contribution < -0.4 is 43.7 Å². The van der Waals surface area contributed by atoms with Crippen molar-refractivity contribution in [3.05, 3.63) is 0 Å². The van der Waals surface area contributed by atoms with Gasteiger partial charge in [0.25, 0.3) is 0 Å². The van der Waals surface area contributed by atoms with Crippen molar-refractivity contribution in [1.82, 2.24) is 0 Å². The van der Waals surface area contributed by atoms with Gasteiger partial charge in [-0.05, 0) is 0 Å². The van der Waals surface area contributed by atoms with Gasteiger partial charge in [0.2, 0.25) is 0 Å². The molecule has 0 radical (unpaired) electrons. The standard InChI is InChI=1S/C4H9.2ClH.Li.Mg/c1-3-4-2;;;;/h1,3-4H2,2H3;2*1H;;/q;;;2*+1/p-2. The molecule has 0 unspecified atom stereocenters. The molecule has 42 valence electrons. The molecular weight excluding hydrogens is 150 g/mol. The second-order valence-electron chi connectivity index (χ2n) is 1.21. The van der Waals surface area contributed by atoms with Crippen molar-refractivity contribution in [3.8, 4) is 0 Å². The van der Waals surface area contributed by atoms with Crippen LogP contribution in [0, 0.1) is 0 Å². The van der Waals surface area contributed by atoms with Crippen LogP contribution in [0.4, 0.5) is 0 Å². The van der Waals surface area contributed by atoms with E-state index in [2.05, 4.69) is 6.92 Å². The first-order valence-electron chi connectivity index (χ1n) is 2.21. The maximum absolute atomic E-state index is 2.22. The minimum absolute atomic E-state index is 0. The van der Waals surface area contributed by atoms with E-state index in [0.29, 0.717) is 0 Å². The second kappa shape index (κ2) is 23.1. The second-order valence-corrected chi connectivity index (χ2v) is 1.91. The maximum Gasteiger partial charge on any atom is 1.00 e. The summed E-state index contributed by atoms with van der Waals surface area (Å²) in [6.07, 6.45) is 2.75. The molecule has 0 heterocycles. The van der Waals surface area contributed by atoms with Crippen molar-refractivity contribution < 1.29 is 43.7 Å². The zero-order chi connectivity index (χ0) is 4.12. The van der Waals surface area contributed by atoms with Crippen LogP contribution >= 0.6 is 0 Å². The molecule has 0 N–H and O–H groups in total. The summed E-state index contributed by atoms with van der Waals surface area (Å²) in [7, 11) is 0. The van der Waals surface area contributed by atoms with E-state index in [1.807, 2.05) is 21.7 Å². The van der Waals surface area contributed by atoms with Gasteiger partial charge in [0, 0.05) is 0 Å². The summed E-state index contributed by atoms with van der Waals surface area (Å²) in [6, 6.07) is 0. The smallest absolute Gasteiger partial charge is 1.00 e. The number of unbranched alkanes of at least 4 members (excludes halogenated alkanes) is 1. The van der Waals surface area contributed by atoms with E-state index in [1.54, 1.807) is 0 Å². The van der Waals surface area contributed by atoms with Gasteiger partial charge in [-0.3, -0.25) is 0 Å². The Bertz CT molecular complexity index is 21.5. The van der Waals surface area contributed by atoms with Crippen LogP contribution in [0.2, 0.25) is 4.55 Å². The third kappa shape index (κ3) is 24.6. The van der Waals surface area contributed by atoms with Crippen molar-refractivity contribution >= 4 is 21.7 Å². The molecule has 0 amide bonds. The molecular formula is C4H9Cl2LiMg. The Morgan fingerprint density at radius 3 is 1.62 bits per heavy atom. The van der Waals surface area contributed by atoms with Crippen LogP contribution in [-0.4, -0.2) is 21.7 Å². The number of hydrogen-bond acceptors (Lipinski definition) is 0. The predicted molar refractivity (Wildman–Crippen MR) is 25.5 cm³/mol. The Morgan fingerprint density at radius 2 is 1.62 bits per heavy atom. The maximum atomic E-state index is 2.22. The summed E-state index contributed by atoms with van der Waals surface area (Å²) in [5.74, 6) is 0. The topological polar surface area (TPSA) is 0 Å². The van der Waals surface area contributed by atoms with E-state index in [9.17, 15) is 0 Å². The molecule has 0 aliphatic heterocycles. The first-order chi connectivity index (χ1) is 2.41.